The minimum Gasteiger partial charge on any atom is -0.463 e. The van der Waals surface area contributed by atoms with Crippen molar-refractivity contribution in [2.75, 3.05) is 24.2 Å². The number of nitrogen functional groups attached to an aromatic ring is 1. The molecule has 33 heavy (non-hydrogen) atoms. The van der Waals surface area contributed by atoms with Crippen LogP contribution in [0, 0.1) is 0 Å². The minimum absolute atomic E-state index is 0.00447. The van der Waals surface area contributed by atoms with Crippen molar-refractivity contribution in [3.05, 3.63) is 71.6 Å². The molecule has 4 rings (SSSR count). The molecule has 2 aromatic carbocycles. The predicted molar refractivity (Wildman–Crippen MR) is 126 cm³/mol. The van der Waals surface area contributed by atoms with Crippen molar-refractivity contribution >= 4 is 40.2 Å². The number of nitrogens with two attached hydrogens (primary N) is 1. The number of hydrogen-bond donors (Lipinski definition) is 4. The van der Waals surface area contributed by atoms with E-state index in [2.05, 4.69) is 16.0 Å². The summed E-state index contributed by atoms with van der Waals surface area (Å²) in [6, 6.07) is 13.3. The molecule has 1 aliphatic rings. The molecular formula is C24H25N5O4. The van der Waals surface area contributed by atoms with Crippen LogP contribution in [0.4, 0.5) is 16.2 Å². The number of anilines is 2. The van der Waals surface area contributed by atoms with Crippen LogP contribution >= 0.6 is 0 Å². The van der Waals surface area contributed by atoms with E-state index in [1.165, 1.54) is 4.57 Å². The van der Waals surface area contributed by atoms with E-state index in [1.54, 1.807) is 32.2 Å². The third-order valence-corrected chi connectivity index (χ3v) is 5.48. The van der Waals surface area contributed by atoms with Gasteiger partial charge in [-0.2, -0.15) is 0 Å². The maximum absolute atomic E-state index is 13.1. The second-order valence-corrected chi connectivity index (χ2v) is 7.60. The first-order valence-electron chi connectivity index (χ1n) is 10.6. The smallest absolute Gasteiger partial charge is 0.338 e. The van der Waals surface area contributed by atoms with Crippen LogP contribution in [0.25, 0.3) is 10.9 Å². The summed E-state index contributed by atoms with van der Waals surface area (Å²) < 4.78 is 6.74. The zero-order valence-corrected chi connectivity index (χ0v) is 18.3. The molecule has 1 aromatic heterocycles. The molecule has 170 valence electrons. The number of amides is 2. The Hall–Kier alpha value is -4.27. The molecule has 3 aromatic rings. The highest BCUT2D eigenvalue weighted by Gasteiger charge is 2.34. The van der Waals surface area contributed by atoms with Gasteiger partial charge in [-0.25, -0.2) is 9.59 Å². The monoisotopic (exact) mass is 447 g/mol. The van der Waals surface area contributed by atoms with Crippen LogP contribution in [-0.2, 0) is 9.53 Å². The van der Waals surface area contributed by atoms with Crippen LogP contribution in [0.5, 0.6) is 0 Å². The number of aromatic nitrogens is 1. The van der Waals surface area contributed by atoms with Gasteiger partial charge in [0.05, 0.1) is 41.7 Å². The van der Waals surface area contributed by atoms with E-state index in [4.69, 9.17) is 10.5 Å². The molecule has 0 radical (unpaired) electrons. The van der Waals surface area contributed by atoms with Crippen LogP contribution in [0.3, 0.4) is 0 Å². The van der Waals surface area contributed by atoms with E-state index in [1.807, 2.05) is 36.4 Å². The molecule has 9 heteroatoms. The molecule has 2 heterocycles. The number of allylic oxidation sites excluding steroid dienone is 1. The molecule has 0 fully saturated rings. The highest BCUT2D eigenvalue weighted by Crippen LogP contribution is 2.34. The summed E-state index contributed by atoms with van der Waals surface area (Å²) in [7, 11) is 0. The summed E-state index contributed by atoms with van der Waals surface area (Å²) >= 11 is 0. The number of nitrogens with one attached hydrogen (secondary N) is 3. The second-order valence-electron chi connectivity index (χ2n) is 7.60. The SMILES string of the molecule is CCOC(=O)C1=C(C)NC(=O)NC1c1cn(C(=O)CNc2ccccc2N)c2ccccc12. The summed E-state index contributed by atoms with van der Waals surface area (Å²) in [6.45, 7) is 3.57. The van der Waals surface area contributed by atoms with E-state index in [0.29, 0.717) is 33.7 Å². The van der Waals surface area contributed by atoms with E-state index >= 15 is 0 Å². The Bertz CT molecular complexity index is 1280. The number of nitrogens with zero attached hydrogens (tertiary/aromatic N) is 1. The molecule has 9 nitrogen and oxygen atoms in total. The molecule has 0 spiro atoms. The summed E-state index contributed by atoms with van der Waals surface area (Å²) in [5, 5.41) is 9.23. The summed E-state index contributed by atoms with van der Waals surface area (Å²) in [6.07, 6.45) is 1.66. The standard InChI is InChI=1S/C24H25N5O4/c1-3-33-23(31)21-14(2)27-24(32)28-22(21)16-13-29(19-11-7-4-8-15(16)19)20(30)12-26-18-10-6-5-9-17(18)25/h4-11,13,22,26H,3,12,25H2,1-2H3,(H2,27,28,32). The maximum atomic E-state index is 13.1. The summed E-state index contributed by atoms with van der Waals surface area (Å²) in [5.41, 5.74) is 9.15. The molecule has 0 saturated carbocycles. The van der Waals surface area contributed by atoms with Crippen LogP contribution < -0.4 is 21.7 Å². The van der Waals surface area contributed by atoms with Crippen molar-refractivity contribution in [2.24, 2.45) is 0 Å². The van der Waals surface area contributed by atoms with Crippen molar-refractivity contribution < 1.29 is 19.1 Å². The van der Waals surface area contributed by atoms with E-state index in [-0.39, 0.29) is 19.1 Å². The molecule has 5 N–H and O–H groups in total. The highest BCUT2D eigenvalue weighted by molar-refractivity contribution is 6.00. The Kier molecular flexibility index (Phi) is 6.03. The number of carbonyl (C=O) groups excluding carboxylic acids is 3. The van der Waals surface area contributed by atoms with Crippen molar-refractivity contribution in [3.63, 3.8) is 0 Å². The number of benzene rings is 2. The number of ether oxygens (including phenoxy) is 1. The fourth-order valence-corrected chi connectivity index (χ4v) is 3.96. The minimum atomic E-state index is -0.769. The van der Waals surface area contributed by atoms with Gasteiger partial charge in [0.25, 0.3) is 0 Å². The number of carbonyl (C=O) groups is 3. The Morgan fingerprint density at radius 1 is 1.15 bits per heavy atom. The van der Waals surface area contributed by atoms with Crippen LogP contribution in [0.2, 0.25) is 0 Å². The normalized spacial score (nSPS) is 15.7. The Morgan fingerprint density at radius 3 is 2.64 bits per heavy atom. The van der Waals surface area contributed by atoms with Crippen molar-refractivity contribution in [1.29, 1.82) is 0 Å². The summed E-state index contributed by atoms with van der Waals surface area (Å²) in [4.78, 5) is 38.1. The van der Waals surface area contributed by atoms with Gasteiger partial charge in [0.1, 0.15) is 0 Å². The average molecular weight is 447 g/mol. The molecule has 1 unspecified atom stereocenters. The zero-order chi connectivity index (χ0) is 23.5. The first kappa shape index (κ1) is 21.9. The second kappa shape index (κ2) is 9.07. The van der Waals surface area contributed by atoms with Crippen LogP contribution in [-0.4, -0.2) is 35.6 Å². The number of hydrogen-bond acceptors (Lipinski definition) is 6. The van der Waals surface area contributed by atoms with Gasteiger partial charge < -0.3 is 26.4 Å². The zero-order valence-electron chi connectivity index (χ0n) is 18.3. The third-order valence-electron chi connectivity index (χ3n) is 5.48. The Balaban J connectivity index is 1.73. The van der Waals surface area contributed by atoms with Gasteiger partial charge in [-0.15, -0.1) is 0 Å². The van der Waals surface area contributed by atoms with Crippen molar-refractivity contribution in [2.45, 2.75) is 19.9 Å². The van der Waals surface area contributed by atoms with Gasteiger partial charge >= 0.3 is 12.0 Å². The largest absolute Gasteiger partial charge is 0.463 e. The van der Waals surface area contributed by atoms with Gasteiger partial charge in [0.15, 0.2) is 0 Å². The van der Waals surface area contributed by atoms with E-state index in [9.17, 15) is 14.4 Å². The lowest BCUT2D eigenvalue weighted by Gasteiger charge is -2.27. The number of esters is 1. The molecule has 0 bridgehead atoms. The van der Waals surface area contributed by atoms with Crippen LogP contribution in [0.1, 0.15) is 30.2 Å². The fourth-order valence-electron chi connectivity index (χ4n) is 3.96. The van der Waals surface area contributed by atoms with E-state index < -0.39 is 18.0 Å². The molecule has 0 saturated heterocycles. The van der Waals surface area contributed by atoms with Gasteiger partial charge in [-0.3, -0.25) is 9.36 Å². The lowest BCUT2D eigenvalue weighted by atomic mass is 9.95. The number of fused-ring (bicyclic) bond motifs is 1. The molecule has 2 amide bonds. The van der Waals surface area contributed by atoms with E-state index in [0.717, 1.165) is 5.39 Å². The number of urea groups is 1. The highest BCUT2D eigenvalue weighted by atomic mass is 16.5. The summed E-state index contributed by atoms with van der Waals surface area (Å²) in [5.74, 6) is -0.753. The third kappa shape index (κ3) is 4.25. The van der Waals surface area contributed by atoms with Gasteiger partial charge in [0, 0.05) is 22.8 Å². The lowest BCUT2D eigenvalue weighted by molar-refractivity contribution is -0.139. The van der Waals surface area contributed by atoms with Gasteiger partial charge in [0.2, 0.25) is 5.91 Å². The predicted octanol–water partition coefficient (Wildman–Crippen LogP) is 3.17. The topological polar surface area (TPSA) is 127 Å². The lowest BCUT2D eigenvalue weighted by Crippen LogP contribution is -2.45. The van der Waals surface area contributed by atoms with Gasteiger partial charge in [-0.1, -0.05) is 30.3 Å². The van der Waals surface area contributed by atoms with Crippen molar-refractivity contribution in [1.82, 2.24) is 15.2 Å². The molecule has 1 aliphatic heterocycles. The van der Waals surface area contributed by atoms with Crippen molar-refractivity contribution in [3.8, 4) is 0 Å². The van der Waals surface area contributed by atoms with Gasteiger partial charge in [-0.05, 0) is 32.0 Å². The molecular weight excluding hydrogens is 422 g/mol. The molecule has 1 atom stereocenters. The first-order valence-corrected chi connectivity index (χ1v) is 10.6. The Morgan fingerprint density at radius 2 is 1.88 bits per heavy atom. The quantitative estimate of drug-likeness (QED) is 0.340. The molecule has 0 aliphatic carbocycles. The van der Waals surface area contributed by atoms with Crippen LogP contribution in [0.15, 0.2) is 66.0 Å². The first-order chi connectivity index (χ1) is 15.9. The average Bonchev–Trinajstić information content (AvgIpc) is 3.17. The maximum Gasteiger partial charge on any atom is 0.338 e. The number of rotatable bonds is 6. The Labute approximate surface area is 190 Å². The fraction of sp³-hybridized carbons (Fsp3) is 0.208. The number of para-hydroxylation sites is 3.